The van der Waals surface area contributed by atoms with Crippen LogP contribution in [0.25, 0.3) is 10.2 Å². The minimum atomic E-state index is -5.53. The van der Waals surface area contributed by atoms with Gasteiger partial charge in [0.25, 0.3) is 0 Å². The van der Waals surface area contributed by atoms with Crippen LogP contribution in [0.2, 0.25) is 0 Å². The van der Waals surface area contributed by atoms with Crippen molar-refractivity contribution >= 4 is 27.5 Å². The van der Waals surface area contributed by atoms with Gasteiger partial charge in [0.15, 0.2) is 0 Å². The summed E-state index contributed by atoms with van der Waals surface area (Å²) in [6, 6.07) is 3.12. The van der Waals surface area contributed by atoms with Gasteiger partial charge in [-0.2, -0.15) is 26.3 Å². The molecule has 0 saturated heterocycles. The molecule has 2 rings (SSSR count). The van der Waals surface area contributed by atoms with Crippen LogP contribution in [0.4, 0.5) is 26.3 Å². The molecule has 1 N–H and O–H groups in total. The molecule has 21 heavy (non-hydrogen) atoms. The van der Waals surface area contributed by atoms with E-state index in [9.17, 15) is 31.1 Å². The summed E-state index contributed by atoms with van der Waals surface area (Å²) >= 11 is 0.176. The van der Waals surface area contributed by atoms with Gasteiger partial charge in [0.2, 0.25) is 5.92 Å². The van der Waals surface area contributed by atoms with Gasteiger partial charge in [0.05, 0.1) is 15.8 Å². The maximum atomic E-state index is 12.6. The molecule has 2 aromatic rings. The lowest BCUT2D eigenvalue weighted by Gasteiger charge is -2.20. The molecule has 0 atom stereocenters. The molecule has 0 aliphatic heterocycles. The van der Waals surface area contributed by atoms with Gasteiger partial charge in [0, 0.05) is 0 Å². The van der Waals surface area contributed by atoms with E-state index >= 15 is 0 Å². The van der Waals surface area contributed by atoms with Crippen molar-refractivity contribution in [3.05, 3.63) is 28.8 Å². The Balaban J connectivity index is 2.57. The number of rotatable bonds is 2. The Kier molecular flexibility index (Phi) is 3.60. The van der Waals surface area contributed by atoms with Crippen LogP contribution in [0.15, 0.2) is 18.2 Å². The zero-order chi connectivity index (χ0) is 16.0. The van der Waals surface area contributed by atoms with Crippen molar-refractivity contribution in [2.75, 3.05) is 0 Å². The third kappa shape index (κ3) is 3.09. The Morgan fingerprint density at radius 1 is 1.14 bits per heavy atom. The smallest absolute Gasteiger partial charge is 0.406 e. The second-order valence-corrected chi connectivity index (χ2v) is 5.12. The molecular formula is C11H5F6NO2S. The molecule has 10 heteroatoms. The lowest BCUT2D eigenvalue weighted by molar-refractivity contribution is -0.253. The summed E-state index contributed by atoms with van der Waals surface area (Å²) in [5.74, 6) is -5.02. The van der Waals surface area contributed by atoms with E-state index in [1.54, 1.807) is 0 Å². The number of nitrogens with zero attached hydrogens (tertiary/aromatic N) is 1. The Morgan fingerprint density at radius 3 is 2.19 bits per heavy atom. The van der Waals surface area contributed by atoms with Gasteiger partial charge in [-0.3, -0.25) is 0 Å². The minimum Gasteiger partial charge on any atom is -0.478 e. The molecule has 0 amide bonds. The first kappa shape index (κ1) is 15.5. The quantitative estimate of drug-likeness (QED) is 0.840. The summed E-state index contributed by atoms with van der Waals surface area (Å²) in [7, 11) is 0. The van der Waals surface area contributed by atoms with Gasteiger partial charge in [-0.25, -0.2) is 9.78 Å². The number of hydrogen-bond donors (Lipinski definition) is 1. The first-order valence-corrected chi connectivity index (χ1v) is 6.09. The number of alkyl halides is 6. The highest BCUT2D eigenvalue weighted by atomic mass is 32.1. The largest absolute Gasteiger partial charge is 0.478 e. The number of hydrogen-bond acceptors (Lipinski definition) is 3. The Bertz CT molecular complexity index is 676. The van der Waals surface area contributed by atoms with E-state index in [0.717, 1.165) is 18.2 Å². The lowest BCUT2D eigenvalue weighted by atomic mass is 10.1. The van der Waals surface area contributed by atoms with E-state index in [0.29, 0.717) is 0 Å². The number of thiazole rings is 1. The summed E-state index contributed by atoms with van der Waals surface area (Å²) in [5, 5.41) is 7.58. The van der Waals surface area contributed by atoms with Crippen LogP contribution >= 0.6 is 11.3 Å². The molecule has 0 radical (unpaired) electrons. The average Bonchev–Trinajstić information content (AvgIpc) is 2.65. The third-order valence-electron chi connectivity index (χ3n) is 2.55. The van der Waals surface area contributed by atoms with Gasteiger partial charge in [-0.05, 0) is 18.2 Å². The normalized spacial score (nSPS) is 13.1. The van der Waals surface area contributed by atoms with Crippen LogP contribution in [0, 0.1) is 0 Å². The van der Waals surface area contributed by atoms with Crippen molar-refractivity contribution in [1.82, 2.24) is 4.98 Å². The maximum Gasteiger partial charge on any atom is 0.406 e. The molecule has 0 fully saturated rings. The number of carboxylic acids is 1. The van der Waals surface area contributed by atoms with Crippen molar-refractivity contribution in [3.8, 4) is 0 Å². The van der Waals surface area contributed by atoms with Crippen LogP contribution < -0.4 is 0 Å². The van der Waals surface area contributed by atoms with Crippen LogP contribution in [-0.4, -0.2) is 28.4 Å². The van der Waals surface area contributed by atoms with Crippen molar-refractivity contribution < 1.29 is 36.2 Å². The highest BCUT2D eigenvalue weighted by Crippen LogP contribution is 2.48. The molecule has 1 aromatic heterocycles. The number of aromatic carboxylic acids is 1. The Labute approximate surface area is 116 Å². The van der Waals surface area contributed by atoms with Crippen molar-refractivity contribution in [1.29, 1.82) is 0 Å². The van der Waals surface area contributed by atoms with Crippen molar-refractivity contribution in [2.24, 2.45) is 0 Å². The number of fused-ring (bicyclic) bond motifs is 1. The first-order valence-electron chi connectivity index (χ1n) is 5.27. The maximum absolute atomic E-state index is 12.6. The Hall–Kier alpha value is -1.84. The van der Waals surface area contributed by atoms with Gasteiger partial charge in [-0.15, -0.1) is 11.3 Å². The molecule has 114 valence electrons. The van der Waals surface area contributed by atoms with Gasteiger partial charge in [-0.1, -0.05) is 0 Å². The standard InChI is InChI=1S/C11H5F6NO2S/c12-10(13,14)7(11(15,16)17)8-18-5-2-1-4(9(19)20)3-6(5)21-8/h1-3,7H,(H,19,20). The molecular weight excluding hydrogens is 324 g/mol. The topological polar surface area (TPSA) is 50.2 Å². The number of carboxylic acid groups (broad SMARTS) is 1. The lowest BCUT2D eigenvalue weighted by Crippen LogP contribution is -2.33. The number of halogens is 6. The summed E-state index contributed by atoms with van der Waals surface area (Å²) in [5.41, 5.74) is -0.355. The number of carbonyl (C=O) groups is 1. The third-order valence-corrected chi connectivity index (χ3v) is 3.64. The van der Waals surface area contributed by atoms with E-state index in [1.807, 2.05) is 0 Å². The molecule has 3 nitrogen and oxygen atoms in total. The minimum absolute atomic E-state index is 0.0524. The highest BCUT2D eigenvalue weighted by Gasteiger charge is 2.59. The zero-order valence-electron chi connectivity index (χ0n) is 9.79. The predicted molar refractivity (Wildman–Crippen MR) is 61.4 cm³/mol. The summed E-state index contributed by atoms with van der Waals surface area (Å²) < 4.78 is 75.5. The zero-order valence-corrected chi connectivity index (χ0v) is 10.6. The van der Waals surface area contributed by atoms with Gasteiger partial charge < -0.3 is 5.11 Å². The Morgan fingerprint density at radius 2 is 1.71 bits per heavy atom. The fraction of sp³-hybridized carbons (Fsp3) is 0.273. The number of benzene rings is 1. The molecule has 1 heterocycles. The first-order chi connectivity index (χ1) is 9.50. The molecule has 0 aliphatic carbocycles. The summed E-state index contributed by atoms with van der Waals surface area (Å²) in [6.45, 7) is 0. The van der Waals surface area contributed by atoms with Crippen molar-refractivity contribution in [2.45, 2.75) is 18.3 Å². The molecule has 0 aliphatic rings. The van der Waals surface area contributed by atoms with Crippen LogP contribution in [-0.2, 0) is 0 Å². The summed E-state index contributed by atoms with van der Waals surface area (Å²) in [6.07, 6.45) is -11.1. The molecule has 1 aromatic carbocycles. The van der Waals surface area contributed by atoms with Crippen LogP contribution in [0.3, 0.4) is 0 Å². The van der Waals surface area contributed by atoms with E-state index < -0.39 is 29.2 Å². The van der Waals surface area contributed by atoms with E-state index in [2.05, 4.69) is 4.98 Å². The molecule has 0 unspecified atom stereocenters. The van der Waals surface area contributed by atoms with Crippen LogP contribution in [0.5, 0.6) is 0 Å². The molecule has 0 bridgehead atoms. The molecule has 0 saturated carbocycles. The fourth-order valence-electron chi connectivity index (χ4n) is 1.66. The van der Waals surface area contributed by atoms with Crippen LogP contribution in [0.1, 0.15) is 21.3 Å². The second kappa shape index (κ2) is 4.86. The SMILES string of the molecule is O=C(O)c1ccc2nc(C(C(F)(F)F)C(F)(F)F)sc2c1. The van der Waals surface area contributed by atoms with E-state index in [-0.39, 0.29) is 27.1 Å². The second-order valence-electron chi connectivity index (χ2n) is 4.06. The summed E-state index contributed by atoms with van der Waals surface area (Å²) in [4.78, 5) is 14.1. The predicted octanol–water partition coefficient (Wildman–Crippen LogP) is 4.20. The number of aromatic nitrogens is 1. The highest BCUT2D eigenvalue weighted by molar-refractivity contribution is 7.18. The molecule has 0 spiro atoms. The van der Waals surface area contributed by atoms with Crippen molar-refractivity contribution in [3.63, 3.8) is 0 Å². The fourth-order valence-corrected chi connectivity index (χ4v) is 2.82. The van der Waals surface area contributed by atoms with Gasteiger partial charge >= 0.3 is 18.3 Å². The van der Waals surface area contributed by atoms with E-state index in [4.69, 9.17) is 5.11 Å². The monoisotopic (exact) mass is 329 g/mol. The van der Waals surface area contributed by atoms with Gasteiger partial charge in [0.1, 0.15) is 5.01 Å². The van der Waals surface area contributed by atoms with E-state index in [1.165, 1.54) is 0 Å². The average molecular weight is 329 g/mol.